The first-order valence-electron chi connectivity index (χ1n) is 5.74. The summed E-state index contributed by atoms with van der Waals surface area (Å²) in [6.07, 6.45) is 2.01. The Labute approximate surface area is 110 Å². The number of carbonyl (C=O) groups excluding carboxylic acids is 1. The maximum atomic E-state index is 10.9. The molecular weight excluding hydrogens is 244 g/mol. The summed E-state index contributed by atoms with van der Waals surface area (Å²) in [7, 11) is 0. The highest BCUT2D eigenvalue weighted by molar-refractivity contribution is 5.75. The quantitative estimate of drug-likeness (QED) is 0.752. The molecule has 0 fully saturated rings. The van der Waals surface area contributed by atoms with E-state index in [-0.39, 0.29) is 12.2 Å². The molecule has 2 rings (SSSR count). The molecule has 0 saturated heterocycles. The first-order valence-corrected chi connectivity index (χ1v) is 5.74. The molecule has 0 aliphatic carbocycles. The fourth-order valence-electron chi connectivity index (χ4n) is 1.81. The van der Waals surface area contributed by atoms with Gasteiger partial charge in [-0.15, -0.1) is 0 Å². The number of carbonyl (C=O) groups is 1. The summed E-state index contributed by atoms with van der Waals surface area (Å²) >= 11 is 0. The van der Waals surface area contributed by atoms with Gasteiger partial charge in [0.15, 0.2) is 0 Å². The molecule has 6 nitrogen and oxygen atoms in total. The topological polar surface area (TPSA) is 115 Å². The number of hydrogen-bond acceptors (Lipinski definition) is 5. The van der Waals surface area contributed by atoms with Gasteiger partial charge in [-0.25, -0.2) is 9.97 Å². The number of aromatic hydroxyl groups is 1. The van der Waals surface area contributed by atoms with Crippen LogP contribution in [0.25, 0.3) is 11.3 Å². The van der Waals surface area contributed by atoms with Crippen LogP contribution in [0, 0.1) is 0 Å². The van der Waals surface area contributed by atoms with Crippen LogP contribution >= 0.6 is 0 Å². The molecule has 0 unspecified atom stereocenters. The van der Waals surface area contributed by atoms with Crippen LogP contribution < -0.4 is 11.5 Å². The monoisotopic (exact) mass is 258 g/mol. The zero-order valence-electron chi connectivity index (χ0n) is 10.2. The number of amides is 1. The Hall–Kier alpha value is -2.63. The lowest BCUT2D eigenvalue weighted by Crippen LogP contribution is -2.11. The van der Waals surface area contributed by atoms with Gasteiger partial charge in [0.2, 0.25) is 5.91 Å². The van der Waals surface area contributed by atoms with Gasteiger partial charge in [0.1, 0.15) is 17.9 Å². The molecule has 0 spiro atoms. The van der Waals surface area contributed by atoms with E-state index in [9.17, 15) is 9.90 Å². The molecule has 0 aliphatic rings. The number of aryl methyl sites for hydroxylation is 1. The van der Waals surface area contributed by atoms with Gasteiger partial charge in [-0.1, -0.05) is 0 Å². The van der Waals surface area contributed by atoms with Gasteiger partial charge in [-0.3, -0.25) is 4.79 Å². The van der Waals surface area contributed by atoms with Crippen molar-refractivity contribution >= 4 is 11.7 Å². The molecule has 5 N–H and O–H groups in total. The highest BCUT2D eigenvalue weighted by Crippen LogP contribution is 2.27. The maximum Gasteiger partial charge on any atom is 0.217 e. The first-order chi connectivity index (χ1) is 9.06. The SMILES string of the molecule is NC(=O)CCc1cc(O)ccc1-c1cc(N)ncn1. The number of primary amides is 1. The molecule has 19 heavy (non-hydrogen) atoms. The number of rotatable bonds is 4. The smallest absolute Gasteiger partial charge is 0.217 e. The zero-order valence-corrected chi connectivity index (χ0v) is 10.2. The van der Waals surface area contributed by atoms with Crippen LogP contribution in [-0.4, -0.2) is 21.0 Å². The van der Waals surface area contributed by atoms with Crippen molar-refractivity contribution in [3.8, 4) is 17.0 Å². The number of nitrogen functional groups attached to an aromatic ring is 1. The highest BCUT2D eigenvalue weighted by atomic mass is 16.3. The van der Waals surface area contributed by atoms with Gasteiger partial charge in [0, 0.05) is 18.1 Å². The lowest BCUT2D eigenvalue weighted by molar-refractivity contribution is -0.117. The summed E-state index contributed by atoms with van der Waals surface area (Å²) in [4.78, 5) is 18.8. The largest absolute Gasteiger partial charge is 0.508 e. The van der Waals surface area contributed by atoms with Crippen LogP contribution in [0.4, 0.5) is 5.82 Å². The summed E-state index contributed by atoms with van der Waals surface area (Å²) in [6.45, 7) is 0. The van der Waals surface area contributed by atoms with Crippen molar-refractivity contribution in [3.05, 3.63) is 36.2 Å². The molecule has 98 valence electrons. The summed E-state index contributed by atoms with van der Waals surface area (Å²) in [5.41, 5.74) is 13.0. The Morgan fingerprint density at radius 2 is 2.05 bits per heavy atom. The fourth-order valence-corrected chi connectivity index (χ4v) is 1.81. The predicted molar refractivity (Wildman–Crippen MR) is 71.1 cm³/mol. The average molecular weight is 258 g/mol. The molecule has 1 aromatic carbocycles. The second kappa shape index (κ2) is 5.34. The van der Waals surface area contributed by atoms with E-state index in [0.29, 0.717) is 17.9 Å². The Bertz CT molecular complexity index is 613. The van der Waals surface area contributed by atoms with Gasteiger partial charge in [-0.05, 0) is 30.2 Å². The highest BCUT2D eigenvalue weighted by Gasteiger charge is 2.09. The molecule has 0 saturated carbocycles. The van der Waals surface area contributed by atoms with Crippen LogP contribution in [0.5, 0.6) is 5.75 Å². The van der Waals surface area contributed by atoms with Gasteiger partial charge in [0.05, 0.1) is 5.69 Å². The Morgan fingerprint density at radius 3 is 2.74 bits per heavy atom. The second-order valence-electron chi connectivity index (χ2n) is 4.14. The van der Waals surface area contributed by atoms with Gasteiger partial charge in [0.25, 0.3) is 0 Å². The molecular formula is C13H14N4O2. The van der Waals surface area contributed by atoms with Crippen LogP contribution in [-0.2, 0) is 11.2 Å². The van der Waals surface area contributed by atoms with Crippen molar-refractivity contribution < 1.29 is 9.90 Å². The van der Waals surface area contributed by atoms with E-state index < -0.39 is 5.91 Å². The number of anilines is 1. The maximum absolute atomic E-state index is 10.9. The number of benzene rings is 1. The molecule has 2 aromatic rings. The van der Waals surface area contributed by atoms with Crippen molar-refractivity contribution in [1.82, 2.24) is 9.97 Å². The van der Waals surface area contributed by atoms with Gasteiger partial charge >= 0.3 is 0 Å². The Kier molecular flexibility index (Phi) is 3.61. The molecule has 0 aliphatic heterocycles. The van der Waals surface area contributed by atoms with Crippen LogP contribution in [0.3, 0.4) is 0 Å². The van der Waals surface area contributed by atoms with Gasteiger partial charge in [-0.2, -0.15) is 0 Å². The summed E-state index contributed by atoms with van der Waals surface area (Å²) in [5, 5.41) is 9.53. The molecule has 0 atom stereocenters. The number of nitrogens with two attached hydrogens (primary N) is 2. The molecule has 0 radical (unpaired) electrons. The van der Waals surface area contributed by atoms with Crippen molar-refractivity contribution in [2.45, 2.75) is 12.8 Å². The van der Waals surface area contributed by atoms with Crippen molar-refractivity contribution in [2.75, 3.05) is 5.73 Å². The minimum atomic E-state index is -0.392. The van der Waals surface area contributed by atoms with Gasteiger partial charge < -0.3 is 16.6 Å². The van der Waals surface area contributed by atoms with E-state index in [1.54, 1.807) is 24.3 Å². The third-order valence-electron chi connectivity index (χ3n) is 2.69. The lowest BCUT2D eigenvalue weighted by Gasteiger charge is -2.09. The van der Waals surface area contributed by atoms with Crippen LogP contribution in [0.2, 0.25) is 0 Å². The van der Waals surface area contributed by atoms with Crippen LogP contribution in [0.1, 0.15) is 12.0 Å². The first kappa shape index (κ1) is 12.8. The third kappa shape index (κ3) is 3.19. The molecule has 1 amide bonds. The standard InChI is InChI=1S/C13H14N4O2/c14-12-6-11(16-7-17-12)10-3-2-9(18)5-8(10)1-4-13(15)19/h2-3,5-7,18H,1,4H2,(H2,15,19)(H2,14,16,17). The van der Waals surface area contributed by atoms with Crippen LogP contribution in [0.15, 0.2) is 30.6 Å². The predicted octanol–water partition coefficient (Wildman–Crippen LogP) is 0.849. The lowest BCUT2D eigenvalue weighted by atomic mass is 9.99. The molecule has 1 aromatic heterocycles. The normalized spacial score (nSPS) is 10.3. The number of aromatic nitrogens is 2. The number of phenols is 1. The average Bonchev–Trinajstić information content (AvgIpc) is 2.36. The van der Waals surface area contributed by atoms with E-state index in [1.165, 1.54) is 6.33 Å². The van der Waals surface area contributed by atoms with E-state index >= 15 is 0 Å². The number of nitrogens with zero attached hydrogens (tertiary/aromatic N) is 2. The van der Waals surface area contributed by atoms with Crippen molar-refractivity contribution in [1.29, 1.82) is 0 Å². The minimum absolute atomic E-state index is 0.130. The third-order valence-corrected chi connectivity index (χ3v) is 2.69. The molecule has 0 bridgehead atoms. The van der Waals surface area contributed by atoms with Crippen molar-refractivity contribution in [3.63, 3.8) is 0 Å². The summed E-state index contributed by atoms with van der Waals surface area (Å²) < 4.78 is 0. The Balaban J connectivity index is 2.41. The van der Waals surface area contributed by atoms with E-state index in [2.05, 4.69) is 9.97 Å². The fraction of sp³-hybridized carbons (Fsp3) is 0.154. The number of hydrogen-bond donors (Lipinski definition) is 3. The minimum Gasteiger partial charge on any atom is -0.508 e. The van der Waals surface area contributed by atoms with E-state index in [4.69, 9.17) is 11.5 Å². The molecule has 1 heterocycles. The number of phenolic OH excluding ortho intramolecular Hbond substituents is 1. The second-order valence-corrected chi connectivity index (χ2v) is 4.14. The zero-order chi connectivity index (χ0) is 13.8. The van der Waals surface area contributed by atoms with E-state index in [0.717, 1.165) is 11.1 Å². The summed E-state index contributed by atoms with van der Waals surface area (Å²) in [5.74, 6) is 0.0978. The summed E-state index contributed by atoms with van der Waals surface area (Å²) in [6, 6.07) is 6.52. The van der Waals surface area contributed by atoms with Crippen molar-refractivity contribution in [2.24, 2.45) is 5.73 Å². The van der Waals surface area contributed by atoms with E-state index in [1.807, 2.05) is 0 Å². The Morgan fingerprint density at radius 1 is 1.26 bits per heavy atom. The molecule has 6 heteroatoms.